The van der Waals surface area contributed by atoms with Gasteiger partial charge in [-0.25, -0.2) is 4.39 Å². The van der Waals surface area contributed by atoms with Gasteiger partial charge in [0.1, 0.15) is 11.5 Å². The second-order valence-electron chi connectivity index (χ2n) is 7.68. The van der Waals surface area contributed by atoms with E-state index in [2.05, 4.69) is 4.98 Å². The van der Waals surface area contributed by atoms with Crippen LogP contribution in [0.25, 0.3) is 22.4 Å². The van der Waals surface area contributed by atoms with E-state index < -0.39 is 5.82 Å². The number of amides is 1. The van der Waals surface area contributed by atoms with Crippen molar-refractivity contribution >= 4 is 17.5 Å². The van der Waals surface area contributed by atoms with Crippen LogP contribution in [0.15, 0.2) is 54.9 Å². The van der Waals surface area contributed by atoms with Gasteiger partial charge in [-0.3, -0.25) is 14.5 Å². The van der Waals surface area contributed by atoms with Crippen molar-refractivity contribution in [3.05, 3.63) is 71.4 Å². The van der Waals surface area contributed by atoms with E-state index in [0.29, 0.717) is 42.5 Å². The van der Waals surface area contributed by atoms with Crippen LogP contribution in [0.4, 0.5) is 4.39 Å². The molecule has 0 spiro atoms. The standard InChI is InChI=1S/C23H23ClFN5O/c1-28(2)11-3-4-21(31)29-12-13-30-20(15-29)22(16-7-9-26-10-8-16)23(27-30)18-14-17(24)5-6-19(18)25/h3-10,14H,11-13,15H2,1-2H3/b4-3+. The molecule has 0 aliphatic carbocycles. The molecule has 1 amide bonds. The third-order valence-electron chi connectivity index (χ3n) is 5.18. The Labute approximate surface area is 185 Å². The molecule has 0 fully saturated rings. The van der Waals surface area contributed by atoms with Crippen molar-refractivity contribution in [3.63, 3.8) is 0 Å². The zero-order valence-electron chi connectivity index (χ0n) is 17.4. The molecule has 0 bridgehead atoms. The number of likely N-dealkylation sites (N-methyl/N-ethyl adjacent to an activating group) is 1. The minimum Gasteiger partial charge on any atom is -0.331 e. The van der Waals surface area contributed by atoms with E-state index in [0.717, 1.165) is 16.8 Å². The fraction of sp³-hybridized carbons (Fsp3) is 0.261. The molecular weight excluding hydrogens is 417 g/mol. The van der Waals surface area contributed by atoms with E-state index in [4.69, 9.17) is 16.7 Å². The molecule has 31 heavy (non-hydrogen) atoms. The fourth-order valence-electron chi connectivity index (χ4n) is 3.66. The van der Waals surface area contributed by atoms with Crippen molar-refractivity contribution in [3.8, 4) is 22.4 Å². The van der Waals surface area contributed by atoms with Crippen LogP contribution in [0.5, 0.6) is 0 Å². The highest BCUT2D eigenvalue weighted by molar-refractivity contribution is 6.30. The average molecular weight is 440 g/mol. The SMILES string of the molecule is CN(C)C/C=C/C(=O)N1CCn2nc(-c3cc(Cl)ccc3F)c(-c3ccncc3)c2C1. The van der Waals surface area contributed by atoms with Crippen LogP contribution >= 0.6 is 11.6 Å². The maximum Gasteiger partial charge on any atom is 0.246 e. The average Bonchev–Trinajstić information content (AvgIpc) is 3.14. The first kappa shape index (κ1) is 21.2. The molecule has 0 saturated carbocycles. The molecule has 0 radical (unpaired) electrons. The van der Waals surface area contributed by atoms with Crippen LogP contribution in [-0.2, 0) is 17.9 Å². The van der Waals surface area contributed by atoms with Gasteiger partial charge in [0.25, 0.3) is 0 Å². The van der Waals surface area contributed by atoms with Gasteiger partial charge in [-0.05, 0) is 50.0 Å². The first-order valence-corrected chi connectivity index (χ1v) is 10.4. The summed E-state index contributed by atoms with van der Waals surface area (Å²) in [5.41, 5.74) is 3.37. The Kier molecular flexibility index (Phi) is 6.15. The molecule has 2 aromatic heterocycles. The molecule has 0 saturated heterocycles. The summed E-state index contributed by atoms with van der Waals surface area (Å²) in [7, 11) is 3.90. The molecule has 0 atom stereocenters. The Morgan fingerprint density at radius 2 is 2.00 bits per heavy atom. The van der Waals surface area contributed by atoms with Crippen molar-refractivity contribution < 1.29 is 9.18 Å². The second kappa shape index (κ2) is 8.99. The number of carbonyl (C=O) groups is 1. The lowest BCUT2D eigenvalue weighted by Gasteiger charge is -2.27. The summed E-state index contributed by atoms with van der Waals surface area (Å²) >= 11 is 6.15. The van der Waals surface area contributed by atoms with E-state index in [-0.39, 0.29) is 5.91 Å². The third-order valence-corrected chi connectivity index (χ3v) is 5.41. The van der Waals surface area contributed by atoms with E-state index >= 15 is 0 Å². The monoisotopic (exact) mass is 439 g/mol. The van der Waals surface area contributed by atoms with Gasteiger partial charge >= 0.3 is 0 Å². The number of rotatable bonds is 5. The Morgan fingerprint density at radius 1 is 1.23 bits per heavy atom. The highest BCUT2D eigenvalue weighted by Gasteiger charge is 2.28. The molecule has 1 aliphatic rings. The van der Waals surface area contributed by atoms with E-state index in [9.17, 15) is 9.18 Å². The summed E-state index contributed by atoms with van der Waals surface area (Å²) in [5, 5.41) is 5.15. The van der Waals surface area contributed by atoms with Crippen molar-refractivity contribution in [1.82, 2.24) is 24.6 Å². The van der Waals surface area contributed by atoms with Gasteiger partial charge in [0.05, 0.1) is 18.8 Å². The van der Waals surface area contributed by atoms with Gasteiger partial charge in [-0.15, -0.1) is 0 Å². The molecule has 4 rings (SSSR count). The largest absolute Gasteiger partial charge is 0.331 e. The minimum absolute atomic E-state index is 0.0505. The number of benzene rings is 1. The van der Waals surface area contributed by atoms with E-state index in [1.54, 1.807) is 29.4 Å². The summed E-state index contributed by atoms with van der Waals surface area (Å²) in [6.45, 7) is 2.14. The molecule has 0 N–H and O–H groups in total. The normalized spacial score (nSPS) is 13.8. The van der Waals surface area contributed by atoms with Crippen LogP contribution in [-0.4, -0.2) is 57.7 Å². The lowest BCUT2D eigenvalue weighted by molar-refractivity contribution is -0.127. The summed E-state index contributed by atoms with van der Waals surface area (Å²) in [4.78, 5) is 20.6. The summed E-state index contributed by atoms with van der Waals surface area (Å²) in [6.07, 6.45) is 6.83. The number of hydrogen-bond acceptors (Lipinski definition) is 4. The number of aromatic nitrogens is 3. The fourth-order valence-corrected chi connectivity index (χ4v) is 3.84. The predicted molar refractivity (Wildman–Crippen MR) is 119 cm³/mol. The van der Waals surface area contributed by atoms with E-state index in [1.807, 2.05) is 41.9 Å². The van der Waals surface area contributed by atoms with Crippen LogP contribution < -0.4 is 0 Å². The van der Waals surface area contributed by atoms with Gasteiger partial charge in [-0.2, -0.15) is 5.10 Å². The molecule has 3 heterocycles. The highest BCUT2D eigenvalue weighted by Crippen LogP contribution is 2.38. The topological polar surface area (TPSA) is 54.3 Å². The van der Waals surface area contributed by atoms with E-state index in [1.165, 1.54) is 12.1 Å². The van der Waals surface area contributed by atoms with Crippen LogP contribution in [0.3, 0.4) is 0 Å². The number of hydrogen-bond donors (Lipinski definition) is 0. The Bertz CT molecular complexity index is 1130. The second-order valence-corrected chi connectivity index (χ2v) is 8.11. The number of fused-ring (bicyclic) bond motifs is 1. The molecule has 0 unspecified atom stereocenters. The van der Waals surface area contributed by atoms with Gasteiger partial charge in [0.15, 0.2) is 0 Å². The lowest BCUT2D eigenvalue weighted by atomic mass is 9.98. The molecule has 1 aromatic carbocycles. The van der Waals surface area contributed by atoms with Crippen LogP contribution in [0.2, 0.25) is 5.02 Å². The molecular formula is C23H23ClFN5O. The zero-order valence-corrected chi connectivity index (χ0v) is 18.2. The van der Waals surface area contributed by atoms with Crippen LogP contribution in [0.1, 0.15) is 5.69 Å². The van der Waals surface area contributed by atoms with Gasteiger partial charge in [0, 0.05) is 47.7 Å². The smallest absolute Gasteiger partial charge is 0.246 e. The Morgan fingerprint density at radius 3 is 2.74 bits per heavy atom. The summed E-state index contributed by atoms with van der Waals surface area (Å²) in [6, 6.07) is 8.17. The zero-order chi connectivity index (χ0) is 22.0. The van der Waals surface area contributed by atoms with Crippen molar-refractivity contribution in [2.24, 2.45) is 0 Å². The maximum absolute atomic E-state index is 14.7. The van der Waals surface area contributed by atoms with Crippen molar-refractivity contribution in [2.45, 2.75) is 13.1 Å². The molecule has 3 aromatic rings. The van der Waals surface area contributed by atoms with Crippen molar-refractivity contribution in [2.75, 3.05) is 27.2 Å². The Balaban J connectivity index is 1.76. The summed E-state index contributed by atoms with van der Waals surface area (Å²) in [5.74, 6) is -0.444. The summed E-state index contributed by atoms with van der Waals surface area (Å²) < 4.78 is 16.6. The first-order valence-electron chi connectivity index (χ1n) is 9.99. The highest BCUT2D eigenvalue weighted by atomic mass is 35.5. The number of halogens is 2. The predicted octanol–water partition coefficient (Wildman–Crippen LogP) is 3.86. The molecule has 6 nitrogen and oxygen atoms in total. The molecule has 8 heteroatoms. The van der Waals surface area contributed by atoms with Crippen LogP contribution in [0, 0.1) is 5.82 Å². The maximum atomic E-state index is 14.7. The molecule has 160 valence electrons. The Hall–Kier alpha value is -3.03. The number of carbonyl (C=O) groups excluding carboxylic acids is 1. The van der Waals surface area contributed by atoms with Gasteiger partial charge in [0.2, 0.25) is 5.91 Å². The van der Waals surface area contributed by atoms with Crippen molar-refractivity contribution in [1.29, 1.82) is 0 Å². The molecule has 1 aliphatic heterocycles. The lowest BCUT2D eigenvalue weighted by Crippen LogP contribution is -2.37. The number of nitrogens with zero attached hydrogens (tertiary/aromatic N) is 5. The van der Waals surface area contributed by atoms with Gasteiger partial charge < -0.3 is 9.80 Å². The first-order chi connectivity index (χ1) is 14.9. The minimum atomic E-state index is -0.394. The van der Waals surface area contributed by atoms with Gasteiger partial charge in [-0.1, -0.05) is 17.7 Å². The quantitative estimate of drug-likeness (QED) is 0.566. The third kappa shape index (κ3) is 4.52. The number of pyridine rings is 1.